The van der Waals surface area contributed by atoms with E-state index in [1.165, 1.54) is 0 Å². The molecule has 1 aromatic carbocycles. The minimum atomic E-state index is -0.338. The Kier molecular flexibility index (Phi) is 7.13. The van der Waals surface area contributed by atoms with Gasteiger partial charge in [-0.2, -0.15) is 30.3 Å². The Labute approximate surface area is 107 Å². The van der Waals surface area contributed by atoms with E-state index in [1.807, 2.05) is 24.3 Å². The molecule has 1 rings (SSSR count). The monoisotopic (exact) mass is 375 g/mol. The van der Waals surface area contributed by atoms with Crippen molar-refractivity contribution in [3.63, 3.8) is 0 Å². The molecule has 0 aliphatic rings. The fourth-order valence-electron chi connectivity index (χ4n) is 1.90. The second-order valence-corrected chi connectivity index (χ2v) is 4.09. The molecule has 0 saturated carbocycles. The molecule has 2 atom stereocenters. The second-order valence-electron chi connectivity index (χ2n) is 4.09. The molecule has 2 heteroatoms. The van der Waals surface area contributed by atoms with Gasteiger partial charge in [-0.25, -0.2) is 0 Å². The number of aliphatic hydroxyl groups excluding tert-OH is 1. The van der Waals surface area contributed by atoms with E-state index in [4.69, 9.17) is 0 Å². The fourth-order valence-corrected chi connectivity index (χ4v) is 1.90. The third-order valence-corrected chi connectivity index (χ3v) is 2.82. The molecule has 1 nitrogen and oxygen atoms in total. The molecule has 1 aromatic rings. The molecule has 0 aliphatic heterocycles. The minimum absolute atomic E-state index is 0. The summed E-state index contributed by atoms with van der Waals surface area (Å²) in [5.41, 5.74) is 1.00. The Morgan fingerprint density at radius 3 is 2.20 bits per heavy atom. The Hall–Kier alpha value is -0.132. The number of hydrogen-bond acceptors (Lipinski definition) is 1. The summed E-state index contributed by atoms with van der Waals surface area (Å²) >= 11 is 0. The van der Waals surface area contributed by atoms with Gasteiger partial charge in [0.25, 0.3) is 0 Å². The standard InChI is InChI=1S/C13H19O.W/c1-4-12(10(2)3)13(14)11-8-6-5-7-9-11;/h6-10,12-14H,4H2,1-3H3;/q-1;. The van der Waals surface area contributed by atoms with E-state index in [2.05, 4.69) is 26.8 Å². The van der Waals surface area contributed by atoms with Gasteiger partial charge in [0, 0.05) is 21.1 Å². The number of rotatable bonds is 4. The minimum Gasteiger partial charge on any atom is -0.390 e. The van der Waals surface area contributed by atoms with Crippen molar-refractivity contribution < 1.29 is 26.2 Å². The van der Waals surface area contributed by atoms with Crippen LogP contribution in [0.3, 0.4) is 0 Å². The fraction of sp³-hybridized carbons (Fsp3) is 0.538. The zero-order valence-electron chi connectivity index (χ0n) is 9.60. The maximum Gasteiger partial charge on any atom is 0.0601 e. The van der Waals surface area contributed by atoms with Crippen LogP contribution >= 0.6 is 0 Å². The zero-order valence-corrected chi connectivity index (χ0v) is 12.5. The molecule has 2 unspecified atom stereocenters. The van der Waals surface area contributed by atoms with Crippen LogP contribution in [-0.4, -0.2) is 5.11 Å². The average molecular weight is 375 g/mol. The number of hydrogen-bond donors (Lipinski definition) is 1. The van der Waals surface area contributed by atoms with E-state index in [0.29, 0.717) is 11.8 Å². The summed E-state index contributed by atoms with van der Waals surface area (Å²) in [5.74, 6) is 0.858. The van der Waals surface area contributed by atoms with Gasteiger partial charge < -0.3 is 5.11 Å². The molecule has 0 bridgehead atoms. The second kappa shape index (κ2) is 7.19. The quantitative estimate of drug-likeness (QED) is 0.802. The molecule has 0 heterocycles. The first-order valence-electron chi connectivity index (χ1n) is 5.30. The third kappa shape index (κ3) is 4.08. The van der Waals surface area contributed by atoms with Crippen molar-refractivity contribution in [3.05, 3.63) is 35.9 Å². The SMILES string of the molecule is CCC(C(C)C)C(O)c1cc[c-]cc1.[W]. The molecule has 0 radical (unpaired) electrons. The van der Waals surface area contributed by atoms with E-state index < -0.39 is 0 Å². The number of aliphatic hydroxyl groups is 1. The first-order chi connectivity index (χ1) is 6.66. The van der Waals surface area contributed by atoms with E-state index in [9.17, 15) is 5.11 Å². The molecule has 0 aliphatic carbocycles. The smallest absolute Gasteiger partial charge is 0.0601 e. The van der Waals surface area contributed by atoms with Crippen LogP contribution in [0.5, 0.6) is 0 Å². The van der Waals surface area contributed by atoms with E-state index >= 15 is 0 Å². The summed E-state index contributed by atoms with van der Waals surface area (Å²) in [4.78, 5) is 0. The predicted octanol–water partition coefficient (Wildman–Crippen LogP) is 3.20. The van der Waals surface area contributed by atoms with Crippen molar-refractivity contribution in [1.82, 2.24) is 0 Å². The van der Waals surface area contributed by atoms with Crippen molar-refractivity contribution in [1.29, 1.82) is 0 Å². The summed E-state index contributed by atoms with van der Waals surface area (Å²) in [5, 5.41) is 10.1. The van der Waals surface area contributed by atoms with Crippen LogP contribution in [0.4, 0.5) is 0 Å². The molecule has 84 valence electrons. The van der Waals surface area contributed by atoms with Crippen molar-refractivity contribution in [2.24, 2.45) is 11.8 Å². The summed E-state index contributed by atoms with van der Waals surface area (Å²) in [6, 6.07) is 10.5. The molecule has 1 N–H and O–H groups in total. The predicted molar refractivity (Wildman–Crippen MR) is 58.9 cm³/mol. The van der Waals surface area contributed by atoms with Crippen molar-refractivity contribution in [3.8, 4) is 0 Å². The molecule has 0 fully saturated rings. The van der Waals surface area contributed by atoms with Crippen LogP contribution < -0.4 is 0 Å². The van der Waals surface area contributed by atoms with Gasteiger partial charge in [-0.3, -0.25) is 0 Å². The maximum atomic E-state index is 10.1. The van der Waals surface area contributed by atoms with E-state index in [0.717, 1.165) is 12.0 Å². The maximum absolute atomic E-state index is 10.1. The normalized spacial score (nSPS) is 14.5. The third-order valence-electron chi connectivity index (χ3n) is 2.82. The van der Waals surface area contributed by atoms with Crippen molar-refractivity contribution in [2.45, 2.75) is 33.3 Å². The van der Waals surface area contributed by atoms with Gasteiger partial charge in [0.05, 0.1) is 6.10 Å². The zero-order chi connectivity index (χ0) is 10.6. The molecular formula is C13H19OW-. The van der Waals surface area contributed by atoms with Gasteiger partial charge in [-0.05, 0) is 11.8 Å². The van der Waals surface area contributed by atoms with E-state index in [-0.39, 0.29) is 27.2 Å². The molecular weight excluding hydrogens is 356 g/mol. The Morgan fingerprint density at radius 1 is 1.27 bits per heavy atom. The summed E-state index contributed by atoms with van der Waals surface area (Å²) < 4.78 is 0. The van der Waals surface area contributed by atoms with Crippen LogP contribution in [0.2, 0.25) is 0 Å². The van der Waals surface area contributed by atoms with Gasteiger partial charge in [-0.1, -0.05) is 27.2 Å². The van der Waals surface area contributed by atoms with Gasteiger partial charge >= 0.3 is 0 Å². The van der Waals surface area contributed by atoms with Crippen molar-refractivity contribution in [2.75, 3.05) is 0 Å². The van der Waals surface area contributed by atoms with Gasteiger partial charge in [-0.15, -0.1) is 5.56 Å². The molecule has 0 saturated heterocycles. The van der Waals surface area contributed by atoms with Gasteiger partial charge in [0.1, 0.15) is 0 Å². The first kappa shape index (κ1) is 14.9. The van der Waals surface area contributed by atoms with Crippen LogP contribution in [-0.2, 0) is 21.1 Å². The Bertz CT molecular complexity index is 258. The van der Waals surface area contributed by atoms with Gasteiger partial charge in [0.15, 0.2) is 0 Å². The van der Waals surface area contributed by atoms with Crippen LogP contribution in [0.25, 0.3) is 0 Å². The molecule has 0 spiro atoms. The Balaban J connectivity index is 0.00000196. The first-order valence-corrected chi connectivity index (χ1v) is 5.30. The summed E-state index contributed by atoms with van der Waals surface area (Å²) in [6.45, 7) is 6.45. The van der Waals surface area contributed by atoms with Crippen LogP contribution in [0, 0.1) is 17.9 Å². The molecule has 0 aromatic heterocycles. The summed E-state index contributed by atoms with van der Waals surface area (Å²) in [6.07, 6.45) is 0.673. The topological polar surface area (TPSA) is 20.2 Å². The van der Waals surface area contributed by atoms with E-state index in [1.54, 1.807) is 0 Å². The Morgan fingerprint density at radius 2 is 1.80 bits per heavy atom. The van der Waals surface area contributed by atoms with Crippen molar-refractivity contribution >= 4 is 0 Å². The molecule has 15 heavy (non-hydrogen) atoms. The largest absolute Gasteiger partial charge is 0.390 e. The van der Waals surface area contributed by atoms with Gasteiger partial charge in [0.2, 0.25) is 0 Å². The van der Waals surface area contributed by atoms with Crippen LogP contribution in [0.15, 0.2) is 24.3 Å². The van der Waals surface area contributed by atoms with Crippen LogP contribution in [0.1, 0.15) is 38.9 Å². The average Bonchev–Trinajstić information content (AvgIpc) is 2.19. The summed E-state index contributed by atoms with van der Waals surface area (Å²) in [7, 11) is 0. The number of benzene rings is 1. The molecule has 0 amide bonds.